The van der Waals surface area contributed by atoms with Crippen molar-refractivity contribution in [3.63, 3.8) is 0 Å². The number of aliphatic hydroxyl groups excluding tert-OH is 1. The molecule has 0 fully saturated rings. The molecule has 2 atom stereocenters. The molecule has 0 saturated carbocycles. The van der Waals surface area contributed by atoms with Crippen LogP contribution in [0.1, 0.15) is 88.5 Å². The van der Waals surface area contributed by atoms with E-state index in [1.807, 2.05) is 0 Å². The summed E-state index contributed by atoms with van der Waals surface area (Å²) in [5, 5.41) is 10.4. The third kappa shape index (κ3) is 10.9. The Balaban J connectivity index is 1.90. The number of rotatable bonds is 10. The van der Waals surface area contributed by atoms with Crippen molar-refractivity contribution in [3.8, 4) is 0 Å². The van der Waals surface area contributed by atoms with Crippen LogP contribution in [0.25, 0.3) is 0 Å². The highest BCUT2D eigenvalue weighted by Gasteiger charge is 2.35. The van der Waals surface area contributed by atoms with E-state index in [0.29, 0.717) is 6.42 Å². The van der Waals surface area contributed by atoms with E-state index >= 15 is 0 Å². The summed E-state index contributed by atoms with van der Waals surface area (Å²) >= 11 is 0. The predicted molar refractivity (Wildman–Crippen MR) is 183 cm³/mol. The van der Waals surface area contributed by atoms with E-state index < -0.39 is 0 Å². The zero-order valence-corrected chi connectivity index (χ0v) is 27.8. The van der Waals surface area contributed by atoms with Gasteiger partial charge in [0.15, 0.2) is 5.78 Å². The molecule has 2 nitrogen and oxygen atoms in total. The summed E-state index contributed by atoms with van der Waals surface area (Å²) in [5.74, 6) is 0.520. The predicted octanol–water partition coefficient (Wildman–Crippen LogP) is 10.6. The van der Waals surface area contributed by atoms with Crippen LogP contribution >= 0.6 is 0 Å². The average Bonchev–Trinajstić information content (AvgIpc) is 2.87. The van der Waals surface area contributed by atoms with E-state index in [-0.39, 0.29) is 28.6 Å². The minimum atomic E-state index is -0.286. The van der Waals surface area contributed by atoms with Gasteiger partial charge in [-0.3, -0.25) is 4.79 Å². The fourth-order valence-electron chi connectivity index (χ4n) is 5.72. The molecule has 2 unspecified atom stereocenters. The van der Waals surface area contributed by atoms with Gasteiger partial charge >= 0.3 is 0 Å². The summed E-state index contributed by atoms with van der Waals surface area (Å²) in [6.45, 7) is 21.3. The minimum absolute atomic E-state index is 0.0426. The monoisotopic (exact) mass is 566 g/mol. The molecule has 2 aliphatic carbocycles. The second-order valence-electron chi connectivity index (χ2n) is 13.4. The van der Waals surface area contributed by atoms with Crippen LogP contribution in [0.5, 0.6) is 0 Å². The van der Waals surface area contributed by atoms with Gasteiger partial charge < -0.3 is 5.11 Å². The summed E-state index contributed by atoms with van der Waals surface area (Å²) in [4.78, 5) is 11.9. The molecule has 0 saturated heterocycles. The summed E-state index contributed by atoms with van der Waals surface area (Å²) in [5.41, 5.74) is 8.25. The maximum absolute atomic E-state index is 11.9. The summed E-state index contributed by atoms with van der Waals surface area (Å²) in [6.07, 6.45) is 33.6. The van der Waals surface area contributed by atoms with Crippen LogP contribution in [0.2, 0.25) is 0 Å². The zero-order valence-electron chi connectivity index (χ0n) is 27.8. The van der Waals surface area contributed by atoms with E-state index in [1.165, 1.54) is 33.4 Å². The van der Waals surface area contributed by atoms with E-state index in [9.17, 15) is 9.90 Å². The number of hydrogen-bond acceptors (Lipinski definition) is 2. The van der Waals surface area contributed by atoms with Crippen LogP contribution in [0.4, 0.5) is 0 Å². The Morgan fingerprint density at radius 3 is 1.83 bits per heavy atom. The van der Waals surface area contributed by atoms with E-state index in [4.69, 9.17) is 0 Å². The van der Waals surface area contributed by atoms with Gasteiger partial charge in [0.2, 0.25) is 0 Å². The highest BCUT2D eigenvalue weighted by Crippen LogP contribution is 2.41. The van der Waals surface area contributed by atoms with E-state index in [0.717, 1.165) is 18.4 Å². The van der Waals surface area contributed by atoms with Crippen molar-refractivity contribution in [2.24, 2.45) is 16.7 Å². The van der Waals surface area contributed by atoms with Crippen LogP contribution in [-0.2, 0) is 4.79 Å². The van der Waals surface area contributed by atoms with Crippen LogP contribution in [0.3, 0.4) is 0 Å². The fourth-order valence-corrected chi connectivity index (χ4v) is 5.72. The summed E-state index contributed by atoms with van der Waals surface area (Å²) in [6, 6.07) is 0. The number of hydrogen-bond donors (Lipinski definition) is 1. The molecule has 2 heteroatoms. The van der Waals surface area contributed by atoms with Gasteiger partial charge in [0.05, 0.1) is 6.10 Å². The number of carbonyl (C=O) groups is 1. The van der Waals surface area contributed by atoms with Crippen molar-refractivity contribution in [1.29, 1.82) is 0 Å². The van der Waals surface area contributed by atoms with E-state index in [2.05, 4.69) is 154 Å². The number of aliphatic hydroxyl groups is 1. The van der Waals surface area contributed by atoms with Crippen molar-refractivity contribution in [3.05, 3.63) is 130 Å². The molecule has 0 aromatic heterocycles. The Hall–Kier alpha value is -3.23. The molecule has 0 bridgehead atoms. The van der Waals surface area contributed by atoms with Crippen molar-refractivity contribution < 1.29 is 9.90 Å². The second kappa shape index (κ2) is 15.8. The number of allylic oxidation sites excluding steroid dienone is 21. The zero-order chi connectivity index (χ0) is 31.5. The molecule has 0 amide bonds. The van der Waals surface area contributed by atoms with E-state index in [1.54, 1.807) is 6.08 Å². The first-order valence-corrected chi connectivity index (χ1v) is 15.3. The minimum Gasteiger partial charge on any atom is -0.392 e. The molecule has 0 spiro atoms. The standard InChI is InChI=1S/C40H54O2/c1-29(17-13-19-31(3)21-24-36-34(6)27-35(41)28-39(36,7)8)15-11-12-16-30(2)18-14-20-32(4)22-25-37-33(5)23-26-38(42)40(37,9)10/h11-22,24-25,27,36,38,42H,23,26,28H2,1-10H3/b12-11+,17-13+,18-14+,24-21+,25-22+,29-15+,30-16+,31-19+,32-20+. The largest absolute Gasteiger partial charge is 0.392 e. The van der Waals surface area contributed by atoms with Crippen molar-refractivity contribution >= 4 is 5.78 Å². The Bertz CT molecular complexity index is 1320. The van der Waals surface area contributed by atoms with Crippen molar-refractivity contribution in [1.82, 2.24) is 0 Å². The Morgan fingerprint density at radius 1 is 0.786 bits per heavy atom. The number of carbonyl (C=O) groups excluding carboxylic acids is 1. The highest BCUT2D eigenvalue weighted by atomic mass is 16.3. The smallest absolute Gasteiger partial charge is 0.156 e. The van der Waals surface area contributed by atoms with Crippen LogP contribution < -0.4 is 0 Å². The maximum atomic E-state index is 11.9. The third-order valence-electron chi connectivity index (χ3n) is 8.46. The lowest BCUT2D eigenvalue weighted by Gasteiger charge is -2.37. The maximum Gasteiger partial charge on any atom is 0.156 e. The van der Waals surface area contributed by atoms with Crippen molar-refractivity contribution in [2.45, 2.75) is 94.6 Å². The molecule has 2 aliphatic rings. The first-order valence-electron chi connectivity index (χ1n) is 15.3. The molecule has 0 aromatic carbocycles. The van der Waals surface area contributed by atoms with Gasteiger partial charge in [0.1, 0.15) is 0 Å². The lowest BCUT2D eigenvalue weighted by Crippen LogP contribution is -2.34. The van der Waals surface area contributed by atoms with Gasteiger partial charge in [-0.2, -0.15) is 0 Å². The lowest BCUT2D eigenvalue weighted by molar-refractivity contribution is -0.117. The van der Waals surface area contributed by atoms with Crippen LogP contribution in [0, 0.1) is 16.7 Å². The van der Waals surface area contributed by atoms with Crippen LogP contribution in [0.15, 0.2) is 130 Å². The average molecular weight is 567 g/mol. The summed E-state index contributed by atoms with van der Waals surface area (Å²) in [7, 11) is 0. The molecule has 0 aromatic rings. The van der Waals surface area contributed by atoms with Gasteiger partial charge in [-0.1, -0.05) is 146 Å². The lowest BCUT2D eigenvalue weighted by atomic mass is 9.68. The molecule has 226 valence electrons. The topological polar surface area (TPSA) is 37.3 Å². The Labute approximate surface area is 256 Å². The third-order valence-corrected chi connectivity index (χ3v) is 8.46. The molecular weight excluding hydrogens is 512 g/mol. The summed E-state index contributed by atoms with van der Waals surface area (Å²) < 4.78 is 0. The molecule has 1 N–H and O–H groups in total. The Morgan fingerprint density at radius 2 is 1.29 bits per heavy atom. The van der Waals surface area contributed by atoms with Crippen molar-refractivity contribution in [2.75, 3.05) is 0 Å². The van der Waals surface area contributed by atoms with Gasteiger partial charge in [0, 0.05) is 17.8 Å². The Kier molecular flexibility index (Phi) is 13.2. The highest BCUT2D eigenvalue weighted by molar-refractivity contribution is 5.92. The molecular formula is C40H54O2. The molecule has 2 rings (SSSR count). The first kappa shape index (κ1) is 35.0. The van der Waals surface area contributed by atoms with Crippen LogP contribution in [-0.4, -0.2) is 17.0 Å². The second-order valence-corrected chi connectivity index (χ2v) is 13.4. The molecule has 0 heterocycles. The van der Waals surface area contributed by atoms with Gasteiger partial charge in [-0.25, -0.2) is 0 Å². The first-order chi connectivity index (χ1) is 19.6. The number of ketones is 1. The van der Waals surface area contributed by atoms with Gasteiger partial charge in [-0.05, 0) is 71.4 Å². The molecule has 0 aliphatic heterocycles. The fraction of sp³-hybridized carbons (Fsp3) is 0.425. The van der Waals surface area contributed by atoms with Gasteiger partial charge in [-0.15, -0.1) is 0 Å². The SMILES string of the molecule is CC1=CC(=O)CC(C)(C)C1/C=C/C(C)=C/C=C/C(C)=C/C=C/C=C(C)/C=C/C=C(C)/C=C/C1=C(C)CCC(O)C1(C)C. The molecule has 0 radical (unpaired) electrons. The molecule has 42 heavy (non-hydrogen) atoms. The normalized spacial score (nSPS) is 24.8. The van der Waals surface area contributed by atoms with Gasteiger partial charge in [0.25, 0.3) is 0 Å². The quantitative estimate of drug-likeness (QED) is 0.267.